The summed E-state index contributed by atoms with van der Waals surface area (Å²) in [6.07, 6.45) is -20.9. The Balaban J connectivity index is 1.52. The number of rotatable bonds is 13. The lowest BCUT2D eigenvalue weighted by molar-refractivity contribution is -0.340. The molecule has 48 heavy (non-hydrogen) atoms. The van der Waals surface area contributed by atoms with Crippen LogP contribution in [0.5, 0.6) is 17.2 Å². The highest BCUT2D eigenvalue weighted by Crippen LogP contribution is 2.38. The maximum absolute atomic E-state index is 12.9. The fourth-order valence-electron chi connectivity index (χ4n) is 5.34. The van der Waals surface area contributed by atoms with Gasteiger partial charge in [-0.25, -0.2) is 4.79 Å². The summed E-state index contributed by atoms with van der Waals surface area (Å²) in [5.74, 6) is -0.118. The molecule has 0 amide bonds. The fraction of sp³-hybridized carbons (Fsp3) is 0.690. The van der Waals surface area contributed by atoms with Gasteiger partial charge in [0.15, 0.2) is 24.1 Å². The summed E-state index contributed by atoms with van der Waals surface area (Å²) in [5.41, 5.74) is 0.429. The first-order chi connectivity index (χ1) is 22.9. The summed E-state index contributed by atoms with van der Waals surface area (Å²) in [4.78, 5) is 12.9. The molecule has 9 N–H and O–H groups in total. The molecule has 14 unspecified atom stereocenters. The molecule has 3 aliphatic rings. The van der Waals surface area contributed by atoms with Gasteiger partial charge in [0.25, 0.3) is 0 Å². The quantitative estimate of drug-likeness (QED) is 0.0693. The Morgan fingerprint density at radius 2 is 1.23 bits per heavy atom. The van der Waals surface area contributed by atoms with Crippen LogP contribution in [0.15, 0.2) is 18.2 Å². The zero-order valence-corrected chi connectivity index (χ0v) is 26.1. The molecule has 14 atom stereocenters. The van der Waals surface area contributed by atoms with Gasteiger partial charge in [-0.3, -0.25) is 0 Å². The van der Waals surface area contributed by atoms with Crippen molar-refractivity contribution in [3.8, 4) is 17.2 Å². The second kappa shape index (κ2) is 16.8. The van der Waals surface area contributed by atoms with E-state index in [1.165, 1.54) is 27.4 Å². The van der Waals surface area contributed by atoms with E-state index in [0.29, 0.717) is 22.8 Å². The van der Waals surface area contributed by atoms with Crippen LogP contribution in [0.3, 0.4) is 0 Å². The summed E-state index contributed by atoms with van der Waals surface area (Å²) in [6, 6.07) is 3.09. The third-order valence-electron chi connectivity index (χ3n) is 8.04. The Morgan fingerprint density at radius 1 is 0.688 bits per heavy atom. The van der Waals surface area contributed by atoms with Gasteiger partial charge in [-0.2, -0.15) is 0 Å². The summed E-state index contributed by atoms with van der Waals surface area (Å²) >= 11 is 0. The van der Waals surface area contributed by atoms with Crippen molar-refractivity contribution in [2.75, 3.05) is 41.2 Å². The highest BCUT2D eigenvalue weighted by Gasteiger charge is 2.52. The van der Waals surface area contributed by atoms with Crippen molar-refractivity contribution < 1.29 is 93.4 Å². The molecule has 3 aliphatic heterocycles. The van der Waals surface area contributed by atoms with Gasteiger partial charge < -0.3 is 88.6 Å². The van der Waals surface area contributed by atoms with Gasteiger partial charge in [-0.15, -0.1) is 0 Å². The zero-order chi connectivity index (χ0) is 35.3. The van der Waals surface area contributed by atoms with E-state index in [0.717, 1.165) is 6.08 Å². The van der Waals surface area contributed by atoms with Gasteiger partial charge in [0.1, 0.15) is 67.1 Å². The highest BCUT2D eigenvalue weighted by molar-refractivity contribution is 5.87. The Bertz CT molecular complexity index is 1200. The lowest BCUT2D eigenvalue weighted by atomic mass is 9.98. The second-order valence-electron chi connectivity index (χ2n) is 11.1. The third kappa shape index (κ3) is 8.17. The van der Waals surface area contributed by atoms with E-state index < -0.39 is 112 Å². The molecule has 0 radical (unpaired) electrons. The SMILES string of the molecule is COc1cc(C=CC(=O)OC2OC(COC3OC(CO)C(O)C(O)C3O)C(O)C(OC3OC(CO)C(O)C3O)C2O)cc(OC)c1OC. The van der Waals surface area contributed by atoms with Crippen LogP contribution in [0.25, 0.3) is 6.08 Å². The first kappa shape index (κ1) is 38.1. The Morgan fingerprint density at radius 3 is 1.79 bits per heavy atom. The molecule has 0 saturated carbocycles. The van der Waals surface area contributed by atoms with E-state index in [-0.39, 0.29) is 0 Å². The van der Waals surface area contributed by atoms with E-state index in [1.807, 2.05) is 0 Å². The summed E-state index contributed by atoms with van der Waals surface area (Å²) < 4.78 is 48.5. The maximum atomic E-state index is 12.9. The number of carbonyl (C=O) groups excluding carboxylic acids is 1. The molecule has 3 fully saturated rings. The number of hydrogen-bond donors (Lipinski definition) is 9. The average molecular weight is 695 g/mol. The van der Waals surface area contributed by atoms with Crippen LogP contribution >= 0.6 is 0 Å². The van der Waals surface area contributed by atoms with E-state index in [4.69, 9.17) is 42.6 Å². The van der Waals surface area contributed by atoms with Crippen molar-refractivity contribution in [3.05, 3.63) is 23.8 Å². The van der Waals surface area contributed by atoms with Crippen LogP contribution in [-0.4, -0.2) is 179 Å². The van der Waals surface area contributed by atoms with Crippen LogP contribution in [0, 0.1) is 0 Å². The van der Waals surface area contributed by atoms with Crippen molar-refractivity contribution in [3.63, 3.8) is 0 Å². The van der Waals surface area contributed by atoms with Gasteiger partial charge in [-0.1, -0.05) is 0 Å². The minimum atomic E-state index is -1.93. The standard InChI is InChI=1S/C29H42O19/c1-40-12-6-11(7-13(41-2)25(12)42-3)4-5-17(32)47-29-24(39)26(48-28-22(37)19(34)15(9-31)45-28)20(35)16(46-29)10-43-27-23(38)21(36)18(33)14(8-30)44-27/h4-7,14-16,18-24,26-31,33-39H,8-10H2,1-3H3. The smallest absolute Gasteiger partial charge is 0.333 e. The highest BCUT2D eigenvalue weighted by atomic mass is 16.8. The largest absolute Gasteiger partial charge is 0.493 e. The molecule has 19 nitrogen and oxygen atoms in total. The maximum Gasteiger partial charge on any atom is 0.333 e. The Hall–Kier alpha value is -2.73. The molecule has 272 valence electrons. The topological polar surface area (TPSA) is 282 Å². The number of benzene rings is 1. The third-order valence-corrected chi connectivity index (χ3v) is 8.04. The van der Waals surface area contributed by atoms with Gasteiger partial charge >= 0.3 is 5.97 Å². The molecule has 19 heteroatoms. The molecule has 4 rings (SSSR count). The van der Waals surface area contributed by atoms with Crippen molar-refractivity contribution in [2.24, 2.45) is 0 Å². The monoisotopic (exact) mass is 694 g/mol. The molecule has 3 heterocycles. The average Bonchev–Trinajstić information content (AvgIpc) is 3.36. The molecule has 0 bridgehead atoms. The number of ether oxygens (including phenoxy) is 9. The van der Waals surface area contributed by atoms with Gasteiger partial charge in [0, 0.05) is 6.08 Å². The molecule has 3 saturated heterocycles. The van der Waals surface area contributed by atoms with Crippen molar-refractivity contribution in [1.82, 2.24) is 0 Å². The van der Waals surface area contributed by atoms with Gasteiger partial charge in [-0.05, 0) is 23.8 Å². The number of carbonyl (C=O) groups is 1. The van der Waals surface area contributed by atoms with Crippen molar-refractivity contribution in [1.29, 1.82) is 0 Å². The van der Waals surface area contributed by atoms with Crippen molar-refractivity contribution in [2.45, 2.75) is 86.0 Å². The molecule has 0 aromatic heterocycles. The summed E-state index contributed by atoms with van der Waals surface area (Å²) in [7, 11) is 4.24. The van der Waals surface area contributed by atoms with Crippen LogP contribution in [-0.2, 0) is 33.2 Å². The van der Waals surface area contributed by atoms with Crippen LogP contribution in [0.1, 0.15) is 5.56 Å². The number of hydrogen-bond acceptors (Lipinski definition) is 19. The number of methoxy groups -OCH3 is 3. The molecular formula is C29H42O19. The Kier molecular flexibility index (Phi) is 13.3. The van der Waals surface area contributed by atoms with Gasteiger partial charge in [0.2, 0.25) is 12.0 Å². The van der Waals surface area contributed by atoms with Crippen molar-refractivity contribution >= 4 is 12.0 Å². The molecular weight excluding hydrogens is 652 g/mol. The normalized spacial score (nSPS) is 38.6. The first-order valence-electron chi connectivity index (χ1n) is 14.8. The minimum absolute atomic E-state index is 0.303. The van der Waals surface area contributed by atoms with E-state index in [2.05, 4.69) is 0 Å². The lowest BCUT2D eigenvalue weighted by Crippen LogP contribution is -2.63. The minimum Gasteiger partial charge on any atom is -0.493 e. The van der Waals surface area contributed by atoms with Gasteiger partial charge in [0.05, 0.1) is 41.2 Å². The number of aliphatic hydroxyl groups is 9. The predicted octanol–water partition coefficient (Wildman–Crippen LogP) is -4.64. The van der Waals surface area contributed by atoms with Crippen LogP contribution < -0.4 is 14.2 Å². The molecule has 1 aromatic rings. The number of esters is 1. The fourth-order valence-corrected chi connectivity index (χ4v) is 5.34. The van der Waals surface area contributed by atoms with E-state index in [9.17, 15) is 50.8 Å². The molecule has 1 aromatic carbocycles. The first-order valence-corrected chi connectivity index (χ1v) is 14.8. The Labute approximate surface area is 273 Å². The van der Waals surface area contributed by atoms with E-state index in [1.54, 1.807) is 12.1 Å². The predicted molar refractivity (Wildman–Crippen MR) is 154 cm³/mol. The van der Waals surface area contributed by atoms with Crippen LogP contribution in [0.4, 0.5) is 0 Å². The second-order valence-corrected chi connectivity index (χ2v) is 11.1. The zero-order valence-electron chi connectivity index (χ0n) is 26.1. The molecule has 0 aliphatic carbocycles. The molecule has 0 spiro atoms. The van der Waals surface area contributed by atoms with E-state index >= 15 is 0 Å². The van der Waals surface area contributed by atoms with Crippen LogP contribution in [0.2, 0.25) is 0 Å². The lowest BCUT2D eigenvalue weighted by Gasteiger charge is -2.44. The number of aliphatic hydroxyl groups excluding tert-OH is 9. The summed E-state index contributed by atoms with van der Waals surface area (Å²) in [6.45, 7) is -2.09. The summed E-state index contributed by atoms with van der Waals surface area (Å²) in [5, 5.41) is 91.9.